The van der Waals surface area contributed by atoms with Crippen LogP contribution in [-0.4, -0.2) is 41.2 Å². The topological polar surface area (TPSA) is 64.4 Å². The lowest BCUT2D eigenvalue weighted by atomic mass is 9.82. The Bertz CT molecular complexity index is 975. The van der Waals surface area contributed by atoms with E-state index >= 15 is 0 Å². The van der Waals surface area contributed by atoms with E-state index in [-0.39, 0.29) is 17.5 Å². The van der Waals surface area contributed by atoms with E-state index in [1.807, 2.05) is 37.3 Å². The molecule has 28 heavy (non-hydrogen) atoms. The van der Waals surface area contributed by atoms with Gasteiger partial charge in [-0.25, -0.2) is 0 Å². The standard InChI is InChI=1S/C23H23N3O2/c1-4-23(15-17-10-6-5-7-11-17)22(28)25(2)20(21(27)26(23)3)14-18-12-8-9-13-19(18)16-24/h5-14H,4,15H2,1-3H3. The van der Waals surface area contributed by atoms with Crippen molar-refractivity contribution in [2.75, 3.05) is 14.1 Å². The van der Waals surface area contributed by atoms with Crippen LogP contribution in [0.1, 0.15) is 30.0 Å². The van der Waals surface area contributed by atoms with Gasteiger partial charge >= 0.3 is 0 Å². The van der Waals surface area contributed by atoms with Crippen LogP contribution in [0.2, 0.25) is 0 Å². The summed E-state index contributed by atoms with van der Waals surface area (Å²) in [6.07, 6.45) is 2.59. The van der Waals surface area contributed by atoms with E-state index in [1.165, 1.54) is 4.90 Å². The van der Waals surface area contributed by atoms with E-state index in [4.69, 9.17) is 0 Å². The molecule has 0 N–H and O–H groups in total. The zero-order valence-corrected chi connectivity index (χ0v) is 16.3. The minimum absolute atomic E-state index is 0.123. The SMILES string of the molecule is CCC1(Cc2ccccc2)C(=O)N(C)C(=Cc2ccccc2C#N)C(=O)N1C. The summed E-state index contributed by atoms with van der Waals surface area (Å²) in [5, 5.41) is 9.31. The fourth-order valence-electron chi connectivity index (χ4n) is 3.75. The number of piperazine rings is 1. The van der Waals surface area contributed by atoms with Crippen LogP contribution in [0.15, 0.2) is 60.3 Å². The lowest BCUT2D eigenvalue weighted by molar-refractivity contribution is -0.157. The molecule has 0 spiro atoms. The number of likely N-dealkylation sites (N-methyl/N-ethyl adjacent to an activating group) is 2. The highest BCUT2D eigenvalue weighted by Crippen LogP contribution is 2.34. The number of hydrogen-bond acceptors (Lipinski definition) is 3. The van der Waals surface area contributed by atoms with Crippen molar-refractivity contribution >= 4 is 17.9 Å². The monoisotopic (exact) mass is 373 g/mol. The van der Waals surface area contributed by atoms with Crippen LogP contribution in [0.5, 0.6) is 0 Å². The van der Waals surface area contributed by atoms with Gasteiger partial charge < -0.3 is 9.80 Å². The van der Waals surface area contributed by atoms with Crippen molar-refractivity contribution in [3.8, 4) is 6.07 Å². The van der Waals surface area contributed by atoms with Gasteiger partial charge in [-0.15, -0.1) is 0 Å². The molecule has 1 aliphatic rings. The minimum atomic E-state index is -0.931. The van der Waals surface area contributed by atoms with Crippen LogP contribution in [0.25, 0.3) is 6.08 Å². The van der Waals surface area contributed by atoms with Gasteiger partial charge in [-0.2, -0.15) is 5.26 Å². The molecule has 0 aromatic heterocycles. The summed E-state index contributed by atoms with van der Waals surface area (Å²) in [4.78, 5) is 29.6. The van der Waals surface area contributed by atoms with Crippen molar-refractivity contribution in [1.29, 1.82) is 5.26 Å². The third-order valence-corrected chi connectivity index (χ3v) is 5.53. The maximum Gasteiger partial charge on any atom is 0.271 e. The number of carbonyl (C=O) groups excluding carboxylic acids is 2. The Morgan fingerprint density at radius 3 is 2.32 bits per heavy atom. The molecule has 1 aliphatic heterocycles. The van der Waals surface area contributed by atoms with E-state index < -0.39 is 5.54 Å². The summed E-state index contributed by atoms with van der Waals surface area (Å²) in [7, 11) is 3.31. The largest absolute Gasteiger partial charge is 0.325 e. The Labute approximate surface area is 165 Å². The highest BCUT2D eigenvalue weighted by atomic mass is 16.2. The normalized spacial score (nSPS) is 21.1. The molecule has 2 aromatic carbocycles. The van der Waals surface area contributed by atoms with E-state index in [0.717, 1.165) is 5.56 Å². The summed E-state index contributed by atoms with van der Waals surface area (Å²) in [5.41, 5.74) is 1.43. The van der Waals surface area contributed by atoms with Crippen molar-refractivity contribution in [2.24, 2.45) is 0 Å². The quantitative estimate of drug-likeness (QED) is 0.773. The van der Waals surface area contributed by atoms with E-state index in [1.54, 1.807) is 49.3 Å². The lowest BCUT2D eigenvalue weighted by Gasteiger charge is -2.47. The lowest BCUT2D eigenvalue weighted by Crippen LogP contribution is -2.65. The first-order chi connectivity index (χ1) is 13.4. The van der Waals surface area contributed by atoms with Crippen molar-refractivity contribution in [2.45, 2.75) is 25.3 Å². The van der Waals surface area contributed by atoms with Crippen LogP contribution in [0.4, 0.5) is 0 Å². The molecule has 2 aromatic rings. The molecular formula is C23H23N3O2. The second-order valence-electron chi connectivity index (χ2n) is 7.00. The zero-order chi connectivity index (χ0) is 20.3. The van der Waals surface area contributed by atoms with Gasteiger partial charge in [-0.3, -0.25) is 9.59 Å². The van der Waals surface area contributed by atoms with Crippen molar-refractivity contribution in [3.05, 3.63) is 77.0 Å². The van der Waals surface area contributed by atoms with Crippen LogP contribution < -0.4 is 0 Å². The van der Waals surface area contributed by atoms with Gasteiger partial charge in [0.2, 0.25) is 0 Å². The highest BCUT2D eigenvalue weighted by molar-refractivity contribution is 6.09. The highest BCUT2D eigenvalue weighted by Gasteiger charge is 2.50. The van der Waals surface area contributed by atoms with Gasteiger partial charge in [-0.05, 0) is 29.7 Å². The van der Waals surface area contributed by atoms with Crippen molar-refractivity contribution in [1.82, 2.24) is 9.80 Å². The number of benzene rings is 2. The average molecular weight is 373 g/mol. The summed E-state index contributed by atoms with van der Waals surface area (Å²) < 4.78 is 0. The second kappa shape index (κ2) is 7.69. The summed E-state index contributed by atoms with van der Waals surface area (Å²) in [5.74, 6) is -0.353. The molecule has 3 rings (SSSR count). The number of rotatable bonds is 4. The summed E-state index contributed by atoms with van der Waals surface area (Å²) >= 11 is 0. The molecular weight excluding hydrogens is 350 g/mol. The van der Waals surface area contributed by atoms with Crippen LogP contribution >= 0.6 is 0 Å². The number of amides is 2. The molecule has 1 saturated heterocycles. The third kappa shape index (κ3) is 3.18. The molecule has 2 amide bonds. The van der Waals surface area contributed by atoms with E-state index in [0.29, 0.717) is 24.0 Å². The Hall–Kier alpha value is -3.39. The fraction of sp³-hybridized carbons (Fsp3) is 0.261. The molecule has 1 unspecified atom stereocenters. The smallest absolute Gasteiger partial charge is 0.271 e. The molecule has 5 heteroatoms. The molecule has 1 heterocycles. The maximum atomic E-state index is 13.4. The number of hydrogen-bond donors (Lipinski definition) is 0. The first-order valence-corrected chi connectivity index (χ1v) is 9.25. The molecule has 142 valence electrons. The molecule has 0 radical (unpaired) electrons. The zero-order valence-electron chi connectivity index (χ0n) is 16.3. The predicted octanol–water partition coefficient (Wildman–Crippen LogP) is 3.22. The number of nitriles is 1. The van der Waals surface area contributed by atoms with Gasteiger partial charge in [-0.1, -0.05) is 55.5 Å². The van der Waals surface area contributed by atoms with Gasteiger partial charge in [0.15, 0.2) is 0 Å². The number of carbonyl (C=O) groups is 2. The minimum Gasteiger partial charge on any atom is -0.325 e. The summed E-state index contributed by atoms with van der Waals surface area (Å²) in [6, 6.07) is 18.9. The molecule has 0 bridgehead atoms. The van der Waals surface area contributed by atoms with Crippen LogP contribution in [-0.2, 0) is 16.0 Å². The first kappa shape index (κ1) is 19.4. The van der Waals surface area contributed by atoms with E-state index in [9.17, 15) is 14.9 Å². The molecule has 1 fully saturated rings. The Morgan fingerprint density at radius 1 is 1.04 bits per heavy atom. The predicted molar refractivity (Wildman–Crippen MR) is 108 cm³/mol. The van der Waals surface area contributed by atoms with Gasteiger partial charge in [0.25, 0.3) is 11.8 Å². The fourth-order valence-corrected chi connectivity index (χ4v) is 3.75. The van der Waals surface area contributed by atoms with E-state index in [2.05, 4.69) is 6.07 Å². The van der Waals surface area contributed by atoms with Gasteiger partial charge in [0.05, 0.1) is 11.6 Å². The van der Waals surface area contributed by atoms with Crippen LogP contribution in [0.3, 0.4) is 0 Å². The van der Waals surface area contributed by atoms with Gasteiger partial charge in [0, 0.05) is 20.5 Å². The van der Waals surface area contributed by atoms with Gasteiger partial charge in [0.1, 0.15) is 11.2 Å². The first-order valence-electron chi connectivity index (χ1n) is 9.25. The Balaban J connectivity index is 2.04. The average Bonchev–Trinajstić information content (AvgIpc) is 2.74. The molecule has 0 aliphatic carbocycles. The third-order valence-electron chi connectivity index (χ3n) is 5.53. The maximum absolute atomic E-state index is 13.4. The molecule has 0 saturated carbocycles. The van der Waals surface area contributed by atoms with Crippen LogP contribution in [0, 0.1) is 11.3 Å². The molecule has 5 nitrogen and oxygen atoms in total. The Morgan fingerprint density at radius 2 is 1.68 bits per heavy atom. The summed E-state index contributed by atoms with van der Waals surface area (Å²) in [6.45, 7) is 1.93. The second-order valence-corrected chi connectivity index (χ2v) is 7.00. The van der Waals surface area contributed by atoms with Crippen molar-refractivity contribution in [3.63, 3.8) is 0 Å². The Kier molecular flexibility index (Phi) is 5.32. The number of nitrogens with zero attached hydrogens (tertiary/aromatic N) is 3. The molecule has 1 atom stereocenters. The van der Waals surface area contributed by atoms with Crippen molar-refractivity contribution < 1.29 is 9.59 Å².